The fourth-order valence-electron chi connectivity index (χ4n) is 3.93. The average Bonchev–Trinajstić information content (AvgIpc) is 3.39. The fraction of sp³-hybridized carbons (Fsp3) is 0.160. The number of hydrogen-bond donors (Lipinski definition) is 1. The van der Waals surface area contributed by atoms with E-state index >= 15 is 0 Å². The Kier molecular flexibility index (Phi) is 5.64. The monoisotopic (exact) mass is 461 g/mol. The van der Waals surface area contributed by atoms with E-state index in [9.17, 15) is 9.59 Å². The molecule has 7 heteroatoms. The van der Waals surface area contributed by atoms with Gasteiger partial charge in [-0.2, -0.15) is 0 Å². The van der Waals surface area contributed by atoms with E-state index in [0.717, 1.165) is 26.4 Å². The Bertz CT molecular complexity index is 1290. The molecule has 1 N–H and O–H groups in total. The molecule has 1 aliphatic heterocycles. The van der Waals surface area contributed by atoms with Gasteiger partial charge in [0.25, 0.3) is 0 Å². The number of benzene rings is 3. The van der Waals surface area contributed by atoms with Crippen LogP contribution < -0.4 is 5.32 Å². The van der Waals surface area contributed by atoms with E-state index in [1.165, 1.54) is 0 Å². The Morgan fingerprint density at radius 1 is 1.06 bits per heavy atom. The second-order valence-electron chi connectivity index (χ2n) is 7.79. The number of hydrogen-bond acceptors (Lipinski definition) is 4. The second kappa shape index (κ2) is 8.73. The number of anilines is 1. The minimum Gasteiger partial charge on any atom is -0.337 e. The van der Waals surface area contributed by atoms with Crippen LogP contribution in [-0.4, -0.2) is 28.2 Å². The molecular formula is C25H20ClN3O2S. The molecule has 2 heterocycles. The van der Waals surface area contributed by atoms with E-state index in [-0.39, 0.29) is 18.2 Å². The summed E-state index contributed by atoms with van der Waals surface area (Å²) in [6, 6.07) is 23.1. The molecule has 2 amide bonds. The van der Waals surface area contributed by atoms with Crippen molar-refractivity contribution in [3.8, 4) is 10.6 Å². The van der Waals surface area contributed by atoms with Crippen molar-refractivity contribution in [2.45, 2.75) is 13.0 Å². The van der Waals surface area contributed by atoms with Crippen LogP contribution in [0.4, 0.5) is 5.69 Å². The van der Waals surface area contributed by atoms with E-state index in [1.54, 1.807) is 22.3 Å². The Morgan fingerprint density at radius 3 is 2.66 bits per heavy atom. The topological polar surface area (TPSA) is 62.3 Å². The van der Waals surface area contributed by atoms with Crippen LogP contribution in [0, 0.1) is 5.92 Å². The number of nitrogens with one attached hydrogen (secondary N) is 1. The number of rotatable bonds is 5. The lowest BCUT2D eigenvalue weighted by atomic mass is 10.1. The number of nitrogens with zero attached hydrogens (tertiary/aromatic N) is 2. The Balaban J connectivity index is 1.32. The van der Waals surface area contributed by atoms with Crippen LogP contribution in [0.2, 0.25) is 5.02 Å². The van der Waals surface area contributed by atoms with Crippen molar-refractivity contribution in [3.63, 3.8) is 0 Å². The van der Waals surface area contributed by atoms with Gasteiger partial charge in [0.15, 0.2) is 0 Å². The zero-order valence-corrected chi connectivity index (χ0v) is 18.7. The Labute approximate surface area is 194 Å². The average molecular weight is 462 g/mol. The molecule has 4 aromatic rings. The number of carbonyl (C=O) groups excluding carboxylic acids is 2. The summed E-state index contributed by atoms with van der Waals surface area (Å²) in [5, 5.41) is 4.51. The van der Waals surface area contributed by atoms with Gasteiger partial charge in [-0.3, -0.25) is 9.59 Å². The molecule has 0 bridgehead atoms. The molecule has 160 valence electrons. The summed E-state index contributed by atoms with van der Waals surface area (Å²) in [6.07, 6.45) is 0.194. The SMILES string of the molecule is O=C(Nc1ccccc1-c1nc2ccccc2s1)[C@@H]1CC(=O)N(Cc2ccccc2Cl)C1. The summed E-state index contributed by atoms with van der Waals surface area (Å²) in [5.74, 6) is -0.605. The van der Waals surface area contributed by atoms with Crippen LogP contribution >= 0.6 is 22.9 Å². The van der Waals surface area contributed by atoms with Gasteiger partial charge in [0, 0.05) is 30.1 Å². The first kappa shape index (κ1) is 20.7. The molecule has 3 aromatic carbocycles. The summed E-state index contributed by atoms with van der Waals surface area (Å²) < 4.78 is 1.10. The van der Waals surface area contributed by atoms with E-state index in [2.05, 4.69) is 5.32 Å². The highest BCUT2D eigenvalue weighted by atomic mass is 35.5. The van der Waals surface area contributed by atoms with Gasteiger partial charge >= 0.3 is 0 Å². The summed E-state index contributed by atoms with van der Waals surface area (Å²) in [4.78, 5) is 32.0. The van der Waals surface area contributed by atoms with Gasteiger partial charge < -0.3 is 10.2 Å². The maximum Gasteiger partial charge on any atom is 0.229 e. The number of thiazole rings is 1. The van der Waals surface area contributed by atoms with Gasteiger partial charge in [0.1, 0.15) is 5.01 Å². The standard InChI is InChI=1S/C25H20ClN3O2S/c26-19-9-3-1-7-16(19)14-29-15-17(13-23(29)30)24(31)27-20-10-4-2-8-18(20)25-28-21-11-5-6-12-22(21)32-25/h1-12,17H,13-15H2,(H,27,31)/t17-/m1/s1. The van der Waals surface area contributed by atoms with Gasteiger partial charge in [0.2, 0.25) is 11.8 Å². The summed E-state index contributed by atoms with van der Waals surface area (Å²) in [6.45, 7) is 0.782. The van der Waals surface area contributed by atoms with Crippen LogP contribution in [0.5, 0.6) is 0 Å². The number of aromatic nitrogens is 1. The van der Waals surface area contributed by atoms with E-state index in [1.807, 2.05) is 66.7 Å². The predicted molar refractivity (Wildman–Crippen MR) is 129 cm³/mol. The zero-order chi connectivity index (χ0) is 22.1. The van der Waals surface area contributed by atoms with E-state index in [4.69, 9.17) is 16.6 Å². The molecule has 1 atom stereocenters. The molecule has 0 saturated carbocycles. The quantitative estimate of drug-likeness (QED) is 0.420. The number of para-hydroxylation sites is 2. The van der Waals surface area contributed by atoms with Crippen molar-refractivity contribution in [3.05, 3.63) is 83.4 Å². The van der Waals surface area contributed by atoms with Gasteiger partial charge in [0.05, 0.1) is 21.8 Å². The minimum atomic E-state index is -0.409. The lowest BCUT2D eigenvalue weighted by molar-refractivity contribution is -0.128. The van der Waals surface area contributed by atoms with Crippen molar-refractivity contribution in [2.75, 3.05) is 11.9 Å². The number of likely N-dealkylation sites (tertiary alicyclic amines) is 1. The zero-order valence-electron chi connectivity index (χ0n) is 17.1. The van der Waals surface area contributed by atoms with Gasteiger partial charge in [-0.05, 0) is 35.9 Å². The number of amides is 2. The molecule has 1 aromatic heterocycles. The summed E-state index contributed by atoms with van der Waals surface area (Å²) >= 11 is 7.83. The van der Waals surface area contributed by atoms with E-state index < -0.39 is 5.92 Å². The van der Waals surface area contributed by atoms with Crippen LogP contribution in [0.3, 0.4) is 0 Å². The highest BCUT2D eigenvalue weighted by Crippen LogP contribution is 2.35. The van der Waals surface area contributed by atoms with Crippen molar-refractivity contribution in [1.82, 2.24) is 9.88 Å². The Hall–Kier alpha value is -3.22. The number of fused-ring (bicyclic) bond motifs is 1. The van der Waals surface area contributed by atoms with Gasteiger partial charge in [-0.1, -0.05) is 54.1 Å². The van der Waals surface area contributed by atoms with Crippen LogP contribution in [-0.2, 0) is 16.1 Å². The van der Waals surface area contributed by atoms with Crippen molar-refractivity contribution in [1.29, 1.82) is 0 Å². The lowest BCUT2D eigenvalue weighted by Gasteiger charge is -2.18. The lowest BCUT2D eigenvalue weighted by Crippen LogP contribution is -2.28. The first-order valence-electron chi connectivity index (χ1n) is 10.4. The molecule has 0 unspecified atom stereocenters. The molecule has 32 heavy (non-hydrogen) atoms. The van der Waals surface area contributed by atoms with Crippen molar-refractivity contribution >= 4 is 50.7 Å². The third-order valence-electron chi connectivity index (χ3n) is 5.61. The van der Waals surface area contributed by atoms with Crippen LogP contribution in [0.1, 0.15) is 12.0 Å². The molecule has 1 saturated heterocycles. The number of halogens is 1. The largest absolute Gasteiger partial charge is 0.337 e. The molecular weight excluding hydrogens is 442 g/mol. The van der Waals surface area contributed by atoms with Crippen molar-refractivity contribution in [2.24, 2.45) is 5.92 Å². The molecule has 0 spiro atoms. The van der Waals surface area contributed by atoms with Crippen LogP contribution in [0.25, 0.3) is 20.8 Å². The molecule has 5 rings (SSSR count). The van der Waals surface area contributed by atoms with Gasteiger partial charge in [-0.25, -0.2) is 4.98 Å². The van der Waals surface area contributed by atoms with Gasteiger partial charge in [-0.15, -0.1) is 11.3 Å². The molecule has 0 radical (unpaired) electrons. The first-order valence-corrected chi connectivity index (χ1v) is 11.5. The highest BCUT2D eigenvalue weighted by Gasteiger charge is 2.34. The minimum absolute atomic E-state index is 0.0375. The fourth-order valence-corrected chi connectivity index (χ4v) is 5.13. The molecule has 1 fully saturated rings. The third-order valence-corrected chi connectivity index (χ3v) is 7.05. The second-order valence-corrected chi connectivity index (χ2v) is 9.23. The number of carbonyl (C=O) groups is 2. The maximum absolute atomic E-state index is 13.0. The summed E-state index contributed by atoms with van der Waals surface area (Å²) in [7, 11) is 0. The Morgan fingerprint density at radius 2 is 1.81 bits per heavy atom. The third kappa shape index (κ3) is 4.11. The summed E-state index contributed by atoms with van der Waals surface area (Å²) in [5.41, 5.74) is 3.39. The normalized spacial score (nSPS) is 16.0. The molecule has 1 aliphatic rings. The predicted octanol–water partition coefficient (Wildman–Crippen LogP) is 5.60. The van der Waals surface area contributed by atoms with Crippen LogP contribution in [0.15, 0.2) is 72.8 Å². The highest BCUT2D eigenvalue weighted by molar-refractivity contribution is 7.21. The van der Waals surface area contributed by atoms with Crippen molar-refractivity contribution < 1.29 is 9.59 Å². The smallest absolute Gasteiger partial charge is 0.229 e. The molecule has 0 aliphatic carbocycles. The first-order chi connectivity index (χ1) is 15.6. The maximum atomic E-state index is 13.0. The molecule has 5 nitrogen and oxygen atoms in total. The van der Waals surface area contributed by atoms with E-state index in [0.29, 0.717) is 23.8 Å².